The van der Waals surface area contributed by atoms with E-state index in [1.54, 1.807) is 11.8 Å². The molecule has 0 atom stereocenters. The number of carbonyl (C=O) groups is 1. The lowest BCUT2D eigenvalue weighted by Crippen LogP contribution is -2.30. The monoisotopic (exact) mass is 368 g/mol. The van der Waals surface area contributed by atoms with E-state index in [0.29, 0.717) is 17.8 Å². The molecule has 1 amide bonds. The molecule has 3 aromatic carbocycles. The molecule has 2 N–H and O–H groups in total. The summed E-state index contributed by atoms with van der Waals surface area (Å²) in [4.78, 5) is 16.9. The third-order valence-corrected chi connectivity index (χ3v) is 5.30. The van der Waals surface area contributed by atoms with Crippen LogP contribution in [0, 0.1) is 0 Å². The number of para-hydroxylation sites is 1. The van der Waals surface area contributed by atoms with Gasteiger partial charge in [-0.15, -0.1) is 12.4 Å². The molecule has 0 bridgehead atoms. The Kier molecular flexibility index (Phi) is 5.02. The molecule has 0 spiro atoms. The predicted octanol–water partition coefficient (Wildman–Crippen LogP) is 5.00. The second-order valence-corrected chi connectivity index (χ2v) is 6.72. The maximum Gasteiger partial charge on any atom is 0.259 e. The van der Waals surface area contributed by atoms with Gasteiger partial charge in [0.2, 0.25) is 0 Å². The number of nitrogen functional groups attached to an aromatic ring is 1. The summed E-state index contributed by atoms with van der Waals surface area (Å²) in [5, 5.41) is 0. The Morgan fingerprint density at radius 3 is 2.40 bits per heavy atom. The van der Waals surface area contributed by atoms with Crippen molar-refractivity contribution in [2.45, 2.75) is 16.3 Å². The van der Waals surface area contributed by atoms with Crippen LogP contribution >= 0.6 is 24.2 Å². The van der Waals surface area contributed by atoms with E-state index in [0.717, 1.165) is 21.0 Å². The molecule has 1 aliphatic rings. The van der Waals surface area contributed by atoms with E-state index in [9.17, 15) is 4.79 Å². The molecule has 1 aliphatic heterocycles. The zero-order valence-electron chi connectivity index (χ0n) is 13.4. The van der Waals surface area contributed by atoms with Gasteiger partial charge in [0.15, 0.2) is 0 Å². The normalized spacial score (nSPS) is 12.6. The Hall–Kier alpha value is -2.43. The first kappa shape index (κ1) is 17.4. The van der Waals surface area contributed by atoms with Crippen LogP contribution < -0.4 is 10.6 Å². The van der Waals surface area contributed by atoms with E-state index in [-0.39, 0.29) is 18.3 Å². The molecule has 126 valence electrons. The van der Waals surface area contributed by atoms with Crippen molar-refractivity contribution in [1.29, 1.82) is 0 Å². The molecule has 4 rings (SSSR count). The highest BCUT2D eigenvalue weighted by atomic mass is 35.5. The topological polar surface area (TPSA) is 46.3 Å². The summed E-state index contributed by atoms with van der Waals surface area (Å²) in [6.45, 7) is 0.533. The Bertz CT molecular complexity index is 915. The Morgan fingerprint density at radius 1 is 0.880 bits per heavy atom. The lowest BCUT2D eigenvalue weighted by Gasteiger charge is -2.23. The number of benzene rings is 3. The first-order valence-corrected chi connectivity index (χ1v) is 8.57. The first-order valence-electron chi connectivity index (χ1n) is 7.75. The molecule has 0 aliphatic carbocycles. The van der Waals surface area contributed by atoms with Gasteiger partial charge in [0.05, 0.1) is 17.8 Å². The average molecular weight is 369 g/mol. The standard InChI is InChI=1S/C20H16N2OS.ClH/c21-16-10-6-9-15-19(16)24-18-12-5-4-11-17(18)22(20(15)23)13-14-7-2-1-3-8-14;/h1-12H,13,21H2;1H. The summed E-state index contributed by atoms with van der Waals surface area (Å²) in [6, 6.07) is 23.5. The number of hydrogen-bond donors (Lipinski definition) is 1. The zero-order valence-corrected chi connectivity index (χ0v) is 15.0. The van der Waals surface area contributed by atoms with Crippen molar-refractivity contribution >= 4 is 41.5 Å². The highest BCUT2D eigenvalue weighted by molar-refractivity contribution is 7.99. The Labute approximate surface area is 157 Å². The van der Waals surface area contributed by atoms with Crippen LogP contribution in [0.25, 0.3) is 0 Å². The van der Waals surface area contributed by atoms with Gasteiger partial charge in [-0.25, -0.2) is 0 Å². The highest BCUT2D eigenvalue weighted by Crippen LogP contribution is 2.43. The van der Waals surface area contributed by atoms with Crippen LogP contribution in [0.2, 0.25) is 0 Å². The third kappa shape index (κ3) is 3.23. The second-order valence-electron chi connectivity index (χ2n) is 5.67. The Morgan fingerprint density at radius 2 is 1.60 bits per heavy atom. The van der Waals surface area contributed by atoms with Gasteiger partial charge in [0.25, 0.3) is 5.91 Å². The third-order valence-electron chi connectivity index (χ3n) is 4.07. The number of hydrogen-bond acceptors (Lipinski definition) is 3. The van der Waals surface area contributed by atoms with Crippen LogP contribution in [0.15, 0.2) is 82.6 Å². The number of nitrogens with two attached hydrogens (primary N) is 1. The second kappa shape index (κ2) is 7.21. The van der Waals surface area contributed by atoms with Crippen molar-refractivity contribution in [1.82, 2.24) is 0 Å². The zero-order chi connectivity index (χ0) is 16.5. The molecule has 25 heavy (non-hydrogen) atoms. The van der Waals surface area contributed by atoms with Gasteiger partial charge < -0.3 is 10.6 Å². The fourth-order valence-electron chi connectivity index (χ4n) is 2.89. The molecular weight excluding hydrogens is 352 g/mol. The maximum atomic E-state index is 13.2. The number of halogens is 1. The SMILES string of the molecule is Cl.Nc1cccc2c1Sc1ccccc1N(Cc1ccccc1)C2=O. The van der Waals surface area contributed by atoms with E-state index in [1.165, 1.54) is 0 Å². The van der Waals surface area contributed by atoms with Crippen molar-refractivity contribution < 1.29 is 4.79 Å². The summed E-state index contributed by atoms with van der Waals surface area (Å²) < 4.78 is 0. The van der Waals surface area contributed by atoms with Crippen LogP contribution in [0.5, 0.6) is 0 Å². The number of carbonyl (C=O) groups excluding carboxylic acids is 1. The van der Waals surface area contributed by atoms with Gasteiger partial charge in [-0.1, -0.05) is 60.3 Å². The molecule has 0 unspecified atom stereocenters. The summed E-state index contributed by atoms with van der Waals surface area (Å²) in [6.07, 6.45) is 0. The molecule has 0 aromatic heterocycles. The van der Waals surface area contributed by atoms with Crippen molar-refractivity contribution in [3.8, 4) is 0 Å². The fraction of sp³-hybridized carbons (Fsp3) is 0.0500. The molecule has 0 saturated heterocycles. The molecule has 0 saturated carbocycles. The quantitative estimate of drug-likeness (QED) is 0.647. The van der Waals surface area contributed by atoms with Gasteiger partial charge in [0.1, 0.15) is 0 Å². The number of anilines is 2. The number of amides is 1. The van der Waals surface area contributed by atoms with E-state index in [4.69, 9.17) is 5.73 Å². The summed E-state index contributed by atoms with van der Waals surface area (Å²) in [5.74, 6) is -0.0152. The number of rotatable bonds is 2. The molecule has 3 nitrogen and oxygen atoms in total. The predicted molar refractivity (Wildman–Crippen MR) is 106 cm³/mol. The van der Waals surface area contributed by atoms with Gasteiger partial charge in [-0.3, -0.25) is 4.79 Å². The Balaban J connectivity index is 0.00000182. The van der Waals surface area contributed by atoms with E-state index in [2.05, 4.69) is 0 Å². The minimum Gasteiger partial charge on any atom is -0.398 e. The van der Waals surface area contributed by atoms with Crippen molar-refractivity contribution in [2.75, 3.05) is 10.6 Å². The summed E-state index contributed by atoms with van der Waals surface area (Å²) in [7, 11) is 0. The average Bonchev–Trinajstić information content (AvgIpc) is 2.73. The van der Waals surface area contributed by atoms with Gasteiger partial charge in [0, 0.05) is 15.5 Å². The molecule has 3 aromatic rings. The maximum absolute atomic E-state index is 13.2. The van der Waals surface area contributed by atoms with Crippen LogP contribution in [-0.4, -0.2) is 5.91 Å². The highest BCUT2D eigenvalue weighted by Gasteiger charge is 2.28. The smallest absolute Gasteiger partial charge is 0.259 e. The van der Waals surface area contributed by atoms with Crippen LogP contribution in [0.1, 0.15) is 15.9 Å². The lowest BCUT2D eigenvalue weighted by molar-refractivity contribution is 0.0982. The van der Waals surface area contributed by atoms with Crippen LogP contribution in [-0.2, 0) is 6.54 Å². The molecule has 1 heterocycles. The van der Waals surface area contributed by atoms with Gasteiger partial charge >= 0.3 is 0 Å². The minimum absolute atomic E-state index is 0. The summed E-state index contributed by atoms with van der Waals surface area (Å²) in [5.41, 5.74) is 9.46. The van der Waals surface area contributed by atoms with Crippen LogP contribution in [0.4, 0.5) is 11.4 Å². The van der Waals surface area contributed by atoms with Crippen molar-refractivity contribution in [3.05, 3.63) is 83.9 Å². The molecule has 0 radical (unpaired) electrons. The van der Waals surface area contributed by atoms with E-state index >= 15 is 0 Å². The van der Waals surface area contributed by atoms with E-state index < -0.39 is 0 Å². The first-order chi connectivity index (χ1) is 11.7. The number of fused-ring (bicyclic) bond motifs is 2. The lowest BCUT2D eigenvalue weighted by atomic mass is 10.1. The molecule has 0 fully saturated rings. The van der Waals surface area contributed by atoms with Gasteiger partial charge in [-0.2, -0.15) is 0 Å². The number of nitrogens with zero attached hydrogens (tertiary/aromatic N) is 1. The molecular formula is C20H17ClN2OS. The fourth-order valence-corrected chi connectivity index (χ4v) is 3.99. The van der Waals surface area contributed by atoms with E-state index in [1.807, 2.05) is 77.7 Å². The van der Waals surface area contributed by atoms with Crippen molar-refractivity contribution in [2.24, 2.45) is 0 Å². The van der Waals surface area contributed by atoms with Gasteiger partial charge in [-0.05, 0) is 29.8 Å². The minimum atomic E-state index is -0.0152. The summed E-state index contributed by atoms with van der Waals surface area (Å²) >= 11 is 1.56. The largest absolute Gasteiger partial charge is 0.398 e. The molecule has 5 heteroatoms. The van der Waals surface area contributed by atoms with Crippen LogP contribution in [0.3, 0.4) is 0 Å². The van der Waals surface area contributed by atoms with Crippen molar-refractivity contribution in [3.63, 3.8) is 0 Å².